The summed E-state index contributed by atoms with van der Waals surface area (Å²) in [5.74, 6) is 1.17. The van der Waals surface area contributed by atoms with Crippen LogP contribution >= 0.6 is 11.3 Å². The van der Waals surface area contributed by atoms with E-state index in [0.29, 0.717) is 18.7 Å². The number of hydrogen-bond acceptors (Lipinski definition) is 6. The number of carbonyl (C=O) groups excluding carboxylic acids is 1. The van der Waals surface area contributed by atoms with Crippen LogP contribution in [-0.2, 0) is 13.1 Å². The Kier molecular flexibility index (Phi) is 5.74. The van der Waals surface area contributed by atoms with Gasteiger partial charge in [-0.2, -0.15) is 0 Å². The summed E-state index contributed by atoms with van der Waals surface area (Å²) in [4.78, 5) is 23.9. The van der Waals surface area contributed by atoms with Gasteiger partial charge in [-0.15, -0.1) is 11.3 Å². The lowest BCUT2D eigenvalue weighted by Gasteiger charge is -2.13. The fourth-order valence-corrected chi connectivity index (χ4v) is 4.24. The first-order valence-corrected chi connectivity index (χ1v) is 10.5. The van der Waals surface area contributed by atoms with E-state index in [1.807, 2.05) is 44.4 Å². The molecule has 0 bridgehead atoms. The second-order valence-corrected chi connectivity index (χ2v) is 8.19. The van der Waals surface area contributed by atoms with Crippen molar-refractivity contribution in [2.45, 2.75) is 13.1 Å². The molecule has 7 heteroatoms. The number of hydrogen-bond donors (Lipinski definition) is 2. The molecule has 0 aliphatic heterocycles. The lowest BCUT2D eigenvalue weighted by Crippen LogP contribution is -2.14. The van der Waals surface area contributed by atoms with E-state index in [1.165, 1.54) is 0 Å². The number of nitrogens with zero attached hydrogens (tertiary/aromatic N) is 3. The summed E-state index contributed by atoms with van der Waals surface area (Å²) in [6, 6.07) is 17.6. The van der Waals surface area contributed by atoms with Crippen molar-refractivity contribution in [1.29, 1.82) is 0 Å². The average Bonchev–Trinajstić information content (AvgIpc) is 3.16. The molecular formula is C23H23N5OS. The molecule has 30 heavy (non-hydrogen) atoms. The van der Waals surface area contributed by atoms with Gasteiger partial charge in [-0.05, 0) is 37.4 Å². The lowest BCUT2D eigenvalue weighted by molar-refractivity contribution is 0.100. The number of rotatable bonds is 7. The van der Waals surface area contributed by atoms with Crippen LogP contribution in [0.5, 0.6) is 0 Å². The van der Waals surface area contributed by atoms with Gasteiger partial charge in [0.2, 0.25) is 5.91 Å². The number of nitrogens with one attached hydrogen (secondary N) is 1. The van der Waals surface area contributed by atoms with E-state index in [1.54, 1.807) is 23.5 Å². The Bertz CT molecular complexity index is 1170. The zero-order valence-corrected chi connectivity index (χ0v) is 17.7. The van der Waals surface area contributed by atoms with Crippen molar-refractivity contribution in [3.05, 3.63) is 76.9 Å². The number of primary amides is 1. The summed E-state index contributed by atoms with van der Waals surface area (Å²) in [5, 5.41) is 6.65. The van der Waals surface area contributed by atoms with Crippen LogP contribution in [0.1, 0.15) is 21.7 Å². The highest BCUT2D eigenvalue weighted by Crippen LogP contribution is 2.37. The van der Waals surface area contributed by atoms with Crippen LogP contribution in [-0.4, -0.2) is 34.9 Å². The number of fused-ring (bicyclic) bond motifs is 1. The molecule has 2 aromatic carbocycles. The summed E-state index contributed by atoms with van der Waals surface area (Å²) in [6.07, 6.45) is 0. The van der Waals surface area contributed by atoms with Crippen molar-refractivity contribution in [2.75, 3.05) is 19.4 Å². The van der Waals surface area contributed by atoms with Crippen LogP contribution < -0.4 is 11.1 Å². The van der Waals surface area contributed by atoms with Crippen LogP contribution in [0.4, 0.5) is 5.82 Å². The van der Waals surface area contributed by atoms with Crippen molar-refractivity contribution in [2.24, 2.45) is 5.73 Å². The van der Waals surface area contributed by atoms with Gasteiger partial charge in [0.15, 0.2) is 0 Å². The molecule has 4 rings (SSSR count). The number of nitrogens with two attached hydrogens (primary N) is 1. The molecule has 0 fully saturated rings. The smallest absolute Gasteiger partial charge is 0.248 e. The maximum Gasteiger partial charge on any atom is 0.248 e. The summed E-state index contributed by atoms with van der Waals surface area (Å²) in [5.41, 5.74) is 9.14. The number of thiophene rings is 1. The van der Waals surface area contributed by atoms with Crippen molar-refractivity contribution in [1.82, 2.24) is 14.9 Å². The Morgan fingerprint density at radius 3 is 2.47 bits per heavy atom. The fraction of sp³-hybridized carbons (Fsp3) is 0.174. The highest BCUT2D eigenvalue weighted by molar-refractivity contribution is 7.17. The summed E-state index contributed by atoms with van der Waals surface area (Å²) in [7, 11) is 4.01. The predicted octanol–water partition coefficient (Wildman–Crippen LogP) is 4.13. The summed E-state index contributed by atoms with van der Waals surface area (Å²) in [6.45, 7) is 1.24. The third-order valence-corrected chi connectivity index (χ3v) is 5.59. The third-order valence-electron chi connectivity index (χ3n) is 4.72. The third kappa shape index (κ3) is 4.32. The molecule has 3 N–H and O–H groups in total. The first-order chi connectivity index (χ1) is 14.5. The number of amides is 1. The van der Waals surface area contributed by atoms with Crippen LogP contribution in [0, 0.1) is 0 Å². The fourth-order valence-electron chi connectivity index (χ4n) is 3.27. The molecule has 0 saturated carbocycles. The first kappa shape index (κ1) is 20.0. The van der Waals surface area contributed by atoms with Gasteiger partial charge < -0.3 is 16.0 Å². The summed E-state index contributed by atoms with van der Waals surface area (Å²) < 4.78 is 0. The van der Waals surface area contributed by atoms with E-state index in [4.69, 9.17) is 15.7 Å². The second-order valence-electron chi connectivity index (χ2n) is 7.34. The molecule has 0 saturated heterocycles. The minimum atomic E-state index is -0.425. The summed E-state index contributed by atoms with van der Waals surface area (Å²) >= 11 is 1.63. The van der Waals surface area contributed by atoms with E-state index >= 15 is 0 Å². The molecule has 0 aliphatic rings. The average molecular weight is 418 g/mol. The van der Waals surface area contributed by atoms with E-state index in [0.717, 1.165) is 38.5 Å². The van der Waals surface area contributed by atoms with Crippen molar-refractivity contribution in [3.8, 4) is 11.1 Å². The SMILES string of the molecule is CN(C)Cc1nc(NCc2ccc(C(N)=O)cc2)c2c(-c3ccccc3)csc2n1. The van der Waals surface area contributed by atoms with Gasteiger partial charge >= 0.3 is 0 Å². The molecule has 2 aromatic heterocycles. The Labute approximate surface area is 179 Å². The van der Waals surface area contributed by atoms with Crippen LogP contribution in [0.3, 0.4) is 0 Å². The highest BCUT2D eigenvalue weighted by atomic mass is 32.1. The van der Waals surface area contributed by atoms with Crippen molar-refractivity contribution < 1.29 is 4.79 Å². The highest BCUT2D eigenvalue weighted by Gasteiger charge is 2.16. The number of anilines is 1. The number of benzene rings is 2. The van der Waals surface area contributed by atoms with Gasteiger partial charge in [0.25, 0.3) is 0 Å². The van der Waals surface area contributed by atoms with Crippen LogP contribution in [0.2, 0.25) is 0 Å². The van der Waals surface area contributed by atoms with Gasteiger partial charge in [0.1, 0.15) is 16.5 Å². The maximum absolute atomic E-state index is 11.3. The maximum atomic E-state index is 11.3. The normalized spacial score (nSPS) is 11.2. The molecule has 1 amide bonds. The molecule has 0 radical (unpaired) electrons. The van der Waals surface area contributed by atoms with E-state index in [-0.39, 0.29) is 0 Å². The first-order valence-electron chi connectivity index (χ1n) is 9.62. The van der Waals surface area contributed by atoms with Gasteiger partial charge in [-0.25, -0.2) is 9.97 Å². The molecule has 4 aromatic rings. The van der Waals surface area contributed by atoms with Crippen molar-refractivity contribution >= 4 is 33.3 Å². The van der Waals surface area contributed by atoms with Crippen molar-refractivity contribution in [3.63, 3.8) is 0 Å². The Balaban J connectivity index is 1.71. The zero-order valence-electron chi connectivity index (χ0n) is 16.9. The van der Waals surface area contributed by atoms with Gasteiger partial charge in [-0.1, -0.05) is 42.5 Å². The van der Waals surface area contributed by atoms with Gasteiger partial charge in [0.05, 0.1) is 11.9 Å². The van der Waals surface area contributed by atoms with E-state index < -0.39 is 5.91 Å². The molecule has 2 heterocycles. The molecule has 152 valence electrons. The molecule has 6 nitrogen and oxygen atoms in total. The molecule has 0 atom stereocenters. The number of carbonyl (C=O) groups is 1. The van der Waals surface area contributed by atoms with E-state index in [2.05, 4.69) is 27.7 Å². The minimum absolute atomic E-state index is 0.425. The van der Waals surface area contributed by atoms with Gasteiger partial charge in [-0.3, -0.25) is 4.79 Å². The lowest BCUT2D eigenvalue weighted by atomic mass is 10.1. The number of aromatic nitrogens is 2. The molecule has 0 unspecified atom stereocenters. The Morgan fingerprint density at radius 2 is 1.80 bits per heavy atom. The Hall–Kier alpha value is -3.29. The second kappa shape index (κ2) is 8.61. The largest absolute Gasteiger partial charge is 0.366 e. The van der Waals surface area contributed by atoms with E-state index in [9.17, 15) is 4.79 Å². The Morgan fingerprint density at radius 1 is 1.07 bits per heavy atom. The zero-order chi connectivity index (χ0) is 21.1. The quantitative estimate of drug-likeness (QED) is 0.472. The molecular weight excluding hydrogens is 394 g/mol. The minimum Gasteiger partial charge on any atom is -0.366 e. The predicted molar refractivity (Wildman–Crippen MR) is 123 cm³/mol. The standard InChI is InChI=1S/C23H23N5OS/c1-28(2)13-19-26-22(25-12-15-8-10-17(11-9-15)21(24)29)20-18(14-30-23(20)27-19)16-6-4-3-5-7-16/h3-11,14H,12-13H2,1-2H3,(H2,24,29)(H,25,26,27). The van der Waals surface area contributed by atoms with Crippen LogP contribution in [0.25, 0.3) is 21.3 Å². The van der Waals surface area contributed by atoms with Crippen LogP contribution in [0.15, 0.2) is 60.0 Å². The topological polar surface area (TPSA) is 84.1 Å². The molecule has 0 spiro atoms. The monoisotopic (exact) mass is 417 g/mol. The molecule has 0 aliphatic carbocycles. The van der Waals surface area contributed by atoms with Gasteiger partial charge in [0, 0.05) is 23.1 Å².